The van der Waals surface area contributed by atoms with Gasteiger partial charge in [0.25, 0.3) is 0 Å². The minimum atomic E-state index is -0.441. The number of hydrogen-bond donors (Lipinski definition) is 1. The number of aliphatic hydroxyl groups excluding tert-OH is 1. The number of carbonyl (C=O) groups is 1. The Bertz CT molecular complexity index is 914. The second-order valence-electron chi connectivity index (χ2n) is 7.43. The maximum absolute atomic E-state index is 12.7. The largest absolute Gasteiger partial charge is 0.388 e. The Morgan fingerprint density at radius 1 is 0.926 bits per heavy atom. The average molecular weight is 359 g/mol. The quantitative estimate of drug-likeness (QED) is 0.752. The van der Waals surface area contributed by atoms with Gasteiger partial charge in [0.15, 0.2) is 0 Å². The Labute approximate surface area is 160 Å². The highest BCUT2D eigenvalue weighted by molar-refractivity contribution is 5.85. The molecule has 1 atom stereocenters. The van der Waals surface area contributed by atoms with Crippen molar-refractivity contribution in [2.75, 3.05) is 13.1 Å². The molecule has 27 heavy (non-hydrogen) atoms. The van der Waals surface area contributed by atoms with E-state index in [0.29, 0.717) is 6.42 Å². The molecular formula is C24H25NO2. The lowest BCUT2D eigenvalue weighted by Gasteiger charge is -2.34. The van der Waals surface area contributed by atoms with Gasteiger partial charge < -0.3 is 10.0 Å². The van der Waals surface area contributed by atoms with Crippen LogP contribution in [-0.2, 0) is 11.2 Å². The number of nitrogens with zero attached hydrogens (tertiary/aromatic N) is 1. The smallest absolute Gasteiger partial charge is 0.226 e. The molecule has 0 bridgehead atoms. The van der Waals surface area contributed by atoms with E-state index >= 15 is 0 Å². The highest BCUT2D eigenvalue weighted by Gasteiger charge is 2.28. The molecule has 3 nitrogen and oxygen atoms in total. The first kappa shape index (κ1) is 17.7. The van der Waals surface area contributed by atoms with Crippen molar-refractivity contribution in [1.29, 1.82) is 0 Å². The predicted molar refractivity (Wildman–Crippen MR) is 108 cm³/mol. The van der Waals surface area contributed by atoms with Crippen molar-refractivity contribution < 1.29 is 9.90 Å². The fourth-order valence-corrected chi connectivity index (χ4v) is 4.02. The summed E-state index contributed by atoms with van der Waals surface area (Å²) in [6.45, 7) is 1.45. The van der Waals surface area contributed by atoms with Crippen molar-refractivity contribution in [3.05, 3.63) is 83.9 Å². The first-order valence-corrected chi connectivity index (χ1v) is 9.69. The second kappa shape index (κ2) is 7.93. The maximum atomic E-state index is 12.7. The summed E-state index contributed by atoms with van der Waals surface area (Å²) in [6, 6.07) is 24.3. The molecule has 1 unspecified atom stereocenters. The molecule has 1 aliphatic heterocycles. The normalized spacial score (nSPS) is 16.4. The van der Waals surface area contributed by atoms with Crippen LogP contribution >= 0.6 is 0 Å². The third kappa shape index (κ3) is 4.04. The topological polar surface area (TPSA) is 40.5 Å². The van der Waals surface area contributed by atoms with E-state index in [0.717, 1.165) is 37.1 Å². The zero-order valence-corrected chi connectivity index (χ0v) is 15.4. The van der Waals surface area contributed by atoms with E-state index < -0.39 is 6.10 Å². The van der Waals surface area contributed by atoms with Gasteiger partial charge in [0.2, 0.25) is 5.91 Å². The molecule has 1 saturated heterocycles. The molecule has 0 spiro atoms. The number of rotatable bonds is 4. The molecule has 1 N–H and O–H groups in total. The van der Waals surface area contributed by atoms with E-state index in [1.807, 2.05) is 53.4 Å². The van der Waals surface area contributed by atoms with Gasteiger partial charge in [-0.2, -0.15) is 0 Å². The minimum absolute atomic E-state index is 0.179. The monoisotopic (exact) mass is 359 g/mol. The molecule has 0 radical (unpaired) electrons. The summed E-state index contributed by atoms with van der Waals surface area (Å²) in [5.41, 5.74) is 2.03. The summed E-state index contributed by atoms with van der Waals surface area (Å²) >= 11 is 0. The summed E-state index contributed by atoms with van der Waals surface area (Å²) in [5, 5.41) is 13.0. The van der Waals surface area contributed by atoms with Crippen LogP contribution in [0.2, 0.25) is 0 Å². The van der Waals surface area contributed by atoms with Crippen LogP contribution in [-0.4, -0.2) is 29.0 Å². The number of carbonyl (C=O) groups excluding carboxylic acids is 1. The zero-order chi connectivity index (χ0) is 18.6. The second-order valence-corrected chi connectivity index (χ2v) is 7.43. The van der Waals surface area contributed by atoms with Crippen molar-refractivity contribution in [2.45, 2.75) is 25.4 Å². The van der Waals surface area contributed by atoms with Crippen LogP contribution in [0.25, 0.3) is 10.8 Å². The van der Waals surface area contributed by atoms with Gasteiger partial charge in [0, 0.05) is 13.1 Å². The number of fused-ring (bicyclic) bond motifs is 1. The van der Waals surface area contributed by atoms with Crippen LogP contribution in [0.3, 0.4) is 0 Å². The van der Waals surface area contributed by atoms with Gasteiger partial charge in [-0.25, -0.2) is 0 Å². The molecule has 0 aromatic heterocycles. The lowest BCUT2D eigenvalue weighted by molar-refractivity contribution is -0.132. The predicted octanol–water partition coefficient (Wildman–Crippen LogP) is 4.35. The number of piperidine rings is 1. The molecule has 0 saturated carbocycles. The highest BCUT2D eigenvalue weighted by atomic mass is 16.3. The first-order chi connectivity index (χ1) is 13.2. The summed E-state index contributed by atoms with van der Waals surface area (Å²) < 4.78 is 0. The lowest BCUT2D eigenvalue weighted by Crippen LogP contribution is -2.40. The summed E-state index contributed by atoms with van der Waals surface area (Å²) in [6.07, 6.45) is 1.69. The van der Waals surface area contributed by atoms with Crippen LogP contribution in [0.5, 0.6) is 0 Å². The van der Waals surface area contributed by atoms with Gasteiger partial charge in [-0.3, -0.25) is 4.79 Å². The lowest BCUT2D eigenvalue weighted by atomic mass is 9.87. The summed E-state index contributed by atoms with van der Waals surface area (Å²) in [4.78, 5) is 14.7. The molecule has 138 valence electrons. The Morgan fingerprint density at radius 2 is 1.59 bits per heavy atom. The van der Waals surface area contributed by atoms with Crippen molar-refractivity contribution in [1.82, 2.24) is 4.90 Å². The van der Waals surface area contributed by atoms with Gasteiger partial charge in [0.1, 0.15) is 0 Å². The number of benzene rings is 3. The molecule has 3 aromatic carbocycles. The standard InChI is InChI=1S/C24H25NO2/c26-23(17-18-10-11-19-6-4-5-9-22(19)16-18)25-14-12-21(13-15-25)24(27)20-7-2-1-3-8-20/h1-11,16,21,24,27H,12-15,17H2. The number of aliphatic hydroxyl groups is 1. The molecule has 3 heteroatoms. The van der Waals surface area contributed by atoms with Gasteiger partial charge in [-0.15, -0.1) is 0 Å². The first-order valence-electron chi connectivity index (χ1n) is 9.69. The highest BCUT2D eigenvalue weighted by Crippen LogP contribution is 2.30. The molecular weight excluding hydrogens is 334 g/mol. The SMILES string of the molecule is O=C(Cc1ccc2ccccc2c1)N1CCC(C(O)c2ccccc2)CC1. The summed E-state index contributed by atoms with van der Waals surface area (Å²) in [5.74, 6) is 0.398. The zero-order valence-electron chi connectivity index (χ0n) is 15.4. The third-order valence-electron chi connectivity index (χ3n) is 5.65. The van der Waals surface area contributed by atoms with E-state index in [-0.39, 0.29) is 11.8 Å². The van der Waals surface area contributed by atoms with Crippen LogP contribution in [0, 0.1) is 5.92 Å². The minimum Gasteiger partial charge on any atom is -0.388 e. The van der Waals surface area contributed by atoms with E-state index in [1.165, 1.54) is 10.8 Å². The van der Waals surface area contributed by atoms with Crippen molar-refractivity contribution in [2.24, 2.45) is 5.92 Å². The van der Waals surface area contributed by atoms with Crippen LogP contribution in [0.15, 0.2) is 72.8 Å². The summed E-state index contributed by atoms with van der Waals surface area (Å²) in [7, 11) is 0. The van der Waals surface area contributed by atoms with Crippen molar-refractivity contribution >= 4 is 16.7 Å². The fourth-order valence-electron chi connectivity index (χ4n) is 4.02. The Hall–Kier alpha value is -2.65. The Balaban J connectivity index is 1.35. The van der Waals surface area contributed by atoms with E-state index in [2.05, 4.69) is 24.3 Å². The Kier molecular flexibility index (Phi) is 5.21. The molecule has 0 aliphatic carbocycles. The molecule has 1 aliphatic rings. The van der Waals surface area contributed by atoms with Crippen LogP contribution in [0.1, 0.15) is 30.1 Å². The third-order valence-corrected chi connectivity index (χ3v) is 5.65. The number of hydrogen-bond acceptors (Lipinski definition) is 2. The van der Waals surface area contributed by atoms with Gasteiger partial charge in [-0.1, -0.05) is 72.8 Å². The number of likely N-dealkylation sites (tertiary alicyclic amines) is 1. The molecule has 3 aromatic rings. The van der Waals surface area contributed by atoms with E-state index in [9.17, 15) is 9.90 Å². The van der Waals surface area contributed by atoms with E-state index in [1.54, 1.807) is 0 Å². The molecule has 4 rings (SSSR count). The molecule has 1 fully saturated rings. The van der Waals surface area contributed by atoms with Gasteiger partial charge in [0.05, 0.1) is 12.5 Å². The molecule has 1 amide bonds. The van der Waals surface area contributed by atoms with Crippen LogP contribution < -0.4 is 0 Å². The van der Waals surface area contributed by atoms with Gasteiger partial charge in [-0.05, 0) is 40.7 Å². The molecule has 1 heterocycles. The average Bonchev–Trinajstić information content (AvgIpc) is 2.74. The van der Waals surface area contributed by atoms with Gasteiger partial charge >= 0.3 is 0 Å². The van der Waals surface area contributed by atoms with Crippen molar-refractivity contribution in [3.8, 4) is 0 Å². The Morgan fingerprint density at radius 3 is 2.33 bits per heavy atom. The van der Waals surface area contributed by atoms with E-state index in [4.69, 9.17) is 0 Å². The maximum Gasteiger partial charge on any atom is 0.226 e. The fraction of sp³-hybridized carbons (Fsp3) is 0.292. The number of amides is 1. The van der Waals surface area contributed by atoms with Crippen molar-refractivity contribution in [3.63, 3.8) is 0 Å². The van der Waals surface area contributed by atoms with Crippen LogP contribution in [0.4, 0.5) is 0 Å².